The monoisotopic (exact) mass is 294 g/mol. The van der Waals surface area contributed by atoms with Crippen molar-refractivity contribution in [3.8, 4) is 0 Å². The van der Waals surface area contributed by atoms with E-state index in [9.17, 15) is 9.59 Å². The van der Waals surface area contributed by atoms with Crippen LogP contribution < -0.4 is 11.1 Å². The number of aliphatic carboxylic acids is 1. The van der Waals surface area contributed by atoms with Gasteiger partial charge in [0, 0.05) is 12.6 Å². The largest absolute Gasteiger partial charge is 0.481 e. The summed E-state index contributed by atoms with van der Waals surface area (Å²) >= 11 is 0. The summed E-state index contributed by atoms with van der Waals surface area (Å²) in [6.07, 6.45) is -0.633. The van der Waals surface area contributed by atoms with E-state index in [4.69, 9.17) is 15.6 Å². The van der Waals surface area contributed by atoms with Crippen LogP contribution in [-0.2, 0) is 16.1 Å². The number of amides is 1. The Balaban J connectivity index is 2.61. The summed E-state index contributed by atoms with van der Waals surface area (Å²) in [5.74, 6) is -0.945. The zero-order valence-electron chi connectivity index (χ0n) is 12.6. The first kappa shape index (κ1) is 17.0. The molecule has 0 aliphatic carbocycles. The van der Waals surface area contributed by atoms with Crippen molar-refractivity contribution >= 4 is 12.1 Å². The van der Waals surface area contributed by atoms with Gasteiger partial charge in [-0.1, -0.05) is 24.3 Å². The summed E-state index contributed by atoms with van der Waals surface area (Å²) in [5, 5.41) is 11.4. The van der Waals surface area contributed by atoms with Crippen molar-refractivity contribution in [1.82, 2.24) is 5.32 Å². The van der Waals surface area contributed by atoms with E-state index in [1.165, 1.54) is 0 Å². The Bertz CT molecular complexity index is 509. The number of carboxylic acid groups (broad SMARTS) is 1. The van der Waals surface area contributed by atoms with Crippen molar-refractivity contribution in [2.24, 2.45) is 5.73 Å². The smallest absolute Gasteiger partial charge is 0.407 e. The molecule has 21 heavy (non-hydrogen) atoms. The first-order chi connectivity index (χ1) is 9.67. The number of carbonyl (C=O) groups excluding carboxylic acids is 1. The quantitative estimate of drug-likeness (QED) is 0.772. The lowest BCUT2D eigenvalue weighted by atomic mass is 10.0. The Morgan fingerprint density at radius 2 is 2.05 bits per heavy atom. The maximum atomic E-state index is 11.6. The fourth-order valence-electron chi connectivity index (χ4n) is 1.73. The molecule has 1 amide bonds. The maximum absolute atomic E-state index is 11.6. The Labute approximate surface area is 124 Å². The molecule has 4 N–H and O–H groups in total. The number of nitrogens with one attached hydrogen (secondary N) is 1. The molecule has 0 aliphatic heterocycles. The third kappa shape index (κ3) is 6.76. The number of hydrogen-bond acceptors (Lipinski definition) is 4. The standard InChI is InChI=1S/C15H22N2O4/c1-15(2,3)21-14(20)17-9-10-5-4-6-11(7-10)12(16)8-13(18)19/h4-7,12H,8-9,16H2,1-3H3,(H,17,20)(H,18,19). The Morgan fingerprint density at radius 1 is 1.38 bits per heavy atom. The number of alkyl carbamates (subject to hydrolysis) is 1. The second kappa shape index (κ2) is 7.08. The zero-order chi connectivity index (χ0) is 16.0. The Hall–Kier alpha value is -2.08. The Kier molecular flexibility index (Phi) is 5.72. The molecule has 0 heterocycles. The van der Waals surface area contributed by atoms with Crippen LogP contribution >= 0.6 is 0 Å². The van der Waals surface area contributed by atoms with Crippen molar-refractivity contribution in [2.75, 3.05) is 0 Å². The second-order valence-corrected chi connectivity index (χ2v) is 5.80. The first-order valence-electron chi connectivity index (χ1n) is 6.70. The summed E-state index contributed by atoms with van der Waals surface area (Å²) in [6, 6.07) is 6.59. The van der Waals surface area contributed by atoms with Gasteiger partial charge in [0.25, 0.3) is 0 Å². The SMILES string of the molecule is CC(C)(C)OC(=O)NCc1cccc(C(N)CC(=O)O)c1. The van der Waals surface area contributed by atoms with Crippen molar-refractivity contribution in [3.63, 3.8) is 0 Å². The Morgan fingerprint density at radius 3 is 2.62 bits per heavy atom. The minimum Gasteiger partial charge on any atom is -0.481 e. The van der Waals surface area contributed by atoms with Crippen LogP contribution in [0.15, 0.2) is 24.3 Å². The van der Waals surface area contributed by atoms with Gasteiger partial charge >= 0.3 is 12.1 Å². The van der Waals surface area contributed by atoms with Crippen LogP contribution in [0.4, 0.5) is 4.79 Å². The van der Waals surface area contributed by atoms with E-state index < -0.39 is 23.7 Å². The third-order valence-corrected chi connectivity index (χ3v) is 2.61. The molecule has 0 bridgehead atoms. The van der Waals surface area contributed by atoms with Gasteiger partial charge in [0.05, 0.1) is 6.42 Å². The normalized spacial score (nSPS) is 12.6. The van der Waals surface area contributed by atoms with Crippen molar-refractivity contribution < 1.29 is 19.4 Å². The number of rotatable bonds is 5. The minimum absolute atomic E-state index is 0.136. The summed E-state index contributed by atoms with van der Waals surface area (Å²) in [4.78, 5) is 22.2. The topological polar surface area (TPSA) is 102 Å². The average Bonchev–Trinajstić information content (AvgIpc) is 2.34. The van der Waals surface area contributed by atoms with Crippen LogP contribution in [0.1, 0.15) is 44.4 Å². The average molecular weight is 294 g/mol. The molecule has 0 aromatic heterocycles. The highest BCUT2D eigenvalue weighted by molar-refractivity contribution is 5.68. The van der Waals surface area contributed by atoms with Gasteiger partial charge in [0.1, 0.15) is 5.60 Å². The highest BCUT2D eigenvalue weighted by atomic mass is 16.6. The van der Waals surface area contributed by atoms with Gasteiger partial charge in [-0.15, -0.1) is 0 Å². The van der Waals surface area contributed by atoms with Gasteiger partial charge in [-0.05, 0) is 31.9 Å². The van der Waals surface area contributed by atoms with Gasteiger partial charge in [-0.2, -0.15) is 0 Å². The van der Waals surface area contributed by atoms with E-state index in [2.05, 4.69) is 5.32 Å². The molecule has 0 fully saturated rings. The fraction of sp³-hybridized carbons (Fsp3) is 0.467. The van der Waals surface area contributed by atoms with Crippen LogP contribution in [0.2, 0.25) is 0 Å². The fourth-order valence-corrected chi connectivity index (χ4v) is 1.73. The van der Waals surface area contributed by atoms with Crippen LogP contribution in [-0.4, -0.2) is 22.8 Å². The minimum atomic E-state index is -0.945. The molecule has 0 radical (unpaired) electrons. The van der Waals surface area contributed by atoms with Crippen molar-refractivity contribution in [2.45, 2.75) is 45.4 Å². The number of benzene rings is 1. The number of hydrogen-bond donors (Lipinski definition) is 3. The predicted molar refractivity (Wildman–Crippen MR) is 78.7 cm³/mol. The number of carboxylic acids is 1. The molecule has 1 aromatic rings. The number of ether oxygens (including phenoxy) is 1. The van der Waals surface area contributed by atoms with Gasteiger partial charge in [0.15, 0.2) is 0 Å². The molecule has 6 heteroatoms. The molecule has 0 saturated heterocycles. The molecule has 1 atom stereocenters. The van der Waals surface area contributed by atoms with Gasteiger partial charge < -0.3 is 20.9 Å². The number of carbonyl (C=O) groups is 2. The van der Waals surface area contributed by atoms with Gasteiger partial charge in [-0.3, -0.25) is 4.79 Å². The highest BCUT2D eigenvalue weighted by Gasteiger charge is 2.16. The van der Waals surface area contributed by atoms with Gasteiger partial charge in [-0.25, -0.2) is 4.79 Å². The lowest BCUT2D eigenvalue weighted by Crippen LogP contribution is -2.32. The number of nitrogens with two attached hydrogens (primary N) is 1. The molecule has 0 saturated carbocycles. The molecular weight excluding hydrogens is 272 g/mol. The molecule has 116 valence electrons. The van der Waals surface area contributed by atoms with Crippen LogP contribution in [0.5, 0.6) is 0 Å². The van der Waals surface area contributed by atoms with Crippen molar-refractivity contribution in [3.05, 3.63) is 35.4 Å². The van der Waals surface area contributed by atoms with E-state index in [1.807, 2.05) is 6.07 Å². The highest BCUT2D eigenvalue weighted by Crippen LogP contribution is 2.16. The molecule has 6 nitrogen and oxygen atoms in total. The lowest BCUT2D eigenvalue weighted by Gasteiger charge is -2.19. The van der Waals surface area contributed by atoms with E-state index >= 15 is 0 Å². The van der Waals surface area contributed by atoms with Crippen LogP contribution in [0.25, 0.3) is 0 Å². The third-order valence-electron chi connectivity index (χ3n) is 2.61. The summed E-state index contributed by atoms with van der Waals surface area (Å²) in [6.45, 7) is 5.66. The van der Waals surface area contributed by atoms with Crippen LogP contribution in [0, 0.1) is 0 Å². The van der Waals surface area contributed by atoms with E-state index in [0.29, 0.717) is 6.54 Å². The molecule has 0 aliphatic rings. The van der Waals surface area contributed by atoms with E-state index in [1.54, 1.807) is 39.0 Å². The molecule has 1 unspecified atom stereocenters. The molecular formula is C15H22N2O4. The maximum Gasteiger partial charge on any atom is 0.407 e. The molecule has 0 spiro atoms. The molecule has 1 aromatic carbocycles. The second-order valence-electron chi connectivity index (χ2n) is 5.80. The van der Waals surface area contributed by atoms with Gasteiger partial charge in [0.2, 0.25) is 0 Å². The first-order valence-corrected chi connectivity index (χ1v) is 6.70. The van der Waals surface area contributed by atoms with Crippen molar-refractivity contribution in [1.29, 1.82) is 0 Å². The summed E-state index contributed by atoms with van der Waals surface area (Å²) < 4.78 is 5.14. The van der Waals surface area contributed by atoms with E-state index in [-0.39, 0.29) is 6.42 Å². The van der Waals surface area contributed by atoms with E-state index in [0.717, 1.165) is 11.1 Å². The summed E-state index contributed by atoms with van der Waals surface area (Å²) in [7, 11) is 0. The summed E-state index contributed by atoms with van der Waals surface area (Å²) in [5.41, 5.74) is 6.82. The molecule has 1 rings (SSSR count). The van der Waals surface area contributed by atoms with Crippen LogP contribution in [0.3, 0.4) is 0 Å². The zero-order valence-corrected chi connectivity index (χ0v) is 12.6. The predicted octanol–water partition coefficient (Wildman–Crippen LogP) is 2.19. The lowest BCUT2D eigenvalue weighted by molar-refractivity contribution is -0.137.